The van der Waals surface area contributed by atoms with Crippen LogP contribution in [0.3, 0.4) is 0 Å². The molecule has 24 heavy (non-hydrogen) atoms. The van der Waals surface area contributed by atoms with Crippen LogP contribution in [-0.2, 0) is 9.84 Å². The predicted molar refractivity (Wildman–Crippen MR) is 87.2 cm³/mol. The van der Waals surface area contributed by atoms with Crippen molar-refractivity contribution in [1.29, 1.82) is 0 Å². The van der Waals surface area contributed by atoms with Gasteiger partial charge >= 0.3 is 5.76 Å². The smallest absolute Gasteiger partial charge is 0.338 e. The first kappa shape index (κ1) is 17.8. The van der Waals surface area contributed by atoms with Crippen LogP contribution < -0.4 is 5.32 Å². The van der Waals surface area contributed by atoms with E-state index in [0.717, 1.165) is 42.7 Å². The van der Waals surface area contributed by atoms with E-state index in [9.17, 15) is 22.0 Å². The number of thiophene rings is 1. The Kier molecular flexibility index (Phi) is 5.22. The second-order valence-electron chi connectivity index (χ2n) is 6.34. The maximum absolute atomic E-state index is 12.8. The lowest BCUT2D eigenvalue weighted by Gasteiger charge is -2.32. The van der Waals surface area contributed by atoms with Gasteiger partial charge in [0.25, 0.3) is 5.91 Å². The second-order valence-corrected chi connectivity index (χ2v) is 9.14. The Morgan fingerprint density at radius 3 is 2.54 bits per heavy atom. The van der Waals surface area contributed by atoms with E-state index in [-0.39, 0.29) is 4.88 Å². The summed E-state index contributed by atoms with van der Waals surface area (Å²) in [6, 6.07) is 1.45. The van der Waals surface area contributed by atoms with E-state index in [1.807, 2.05) is 0 Å². The molecule has 0 unspecified atom stereocenters. The molecule has 0 bridgehead atoms. The molecule has 1 saturated carbocycles. The van der Waals surface area contributed by atoms with Crippen LogP contribution in [0.25, 0.3) is 0 Å². The van der Waals surface area contributed by atoms with Crippen molar-refractivity contribution in [3.63, 3.8) is 0 Å². The van der Waals surface area contributed by atoms with Gasteiger partial charge in [0.15, 0.2) is 0 Å². The predicted octanol–water partition coefficient (Wildman–Crippen LogP) is 2.35. The summed E-state index contributed by atoms with van der Waals surface area (Å²) in [5.41, 5.74) is 0. The molecule has 2 aliphatic rings. The molecular formula is C15H20F2N2O3S2. The van der Waals surface area contributed by atoms with Crippen molar-refractivity contribution < 1.29 is 22.0 Å². The van der Waals surface area contributed by atoms with Crippen molar-refractivity contribution in [1.82, 2.24) is 10.2 Å². The Balaban J connectivity index is 1.62. The van der Waals surface area contributed by atoms with Gasteiger partial charge in [-0.15, -0.1) is 11.3 Å². The van der Waals surface area contributed by atoms with Gasteiger partial charge in [-0.3, -0.25) is 4.79 Å². The number of likely N-dealkylation sites (tertiary alicyclic amines) is 1. The highest BCUT2D eigenvalue weighted by Gasteiger charge is 2.34. The fraction of sp³-hybridized carbons (Fsp3) is 0.667. The molecule has 2 fully saturated rings. The lowest BCUT2D eigenvalue weighted by Crippen LogP contribution is -2.45. The minimum Gasteiger partial charge on any atom is -0.338 e. The third kappa shape index (κ3) is 3.78. The average Bonchev–Trinajstić information content (AvgIpc) is 3.26. The Bertz CT molecular complexity index is 693. The van der Waals surface area contributed by atoms with Gasteiger partial charge in [0, 0.05) is 19.1 Å². The van der Waals surface area contributed by atoms with E-state index in [1.165, 1.54) is 18.2 Å². The molecule has 134 valence electrons. The van der Waals surface area contributed by atoms with Crippen LogP contribution in [0.1, 0.15) is 35.4 Å². The summed E-state index contributed by atoms with van der Waals surface area (Å²) in [6.07, 6.45) is 4.15. The SMILES string of the molecule is O=C(c1sccc1S(=O)(=O)C(F)F)N1CCC(NCC2CC2)CC1. The summed E-state index contributed by atoms with van der Waals surface area (Å²) in [5.74, 6) is -3.20. The zero-order valence-corrected chi connectivity index (χ0v) is 14.7. The first-order valence-corrected chi connectivity index (χ1v) is 10.4. The third-order valence-corrected chi connectivity index (χ3v) is 6.99. The molecule has 0 spiro atoms. The molecule has 0 atom stereocenters. The van der Waals surface area contributed by atoms with Gasteiger partial charge in [0.05, 0.1) is 4.90 Å². The summed E-state index contributed by atoms with van der Waals surface area (Å²) < 4.78 is 48.9. The van der Waals surface area contributed by atoms with Crippen molar-refractivity contribution >= 4 is 27.1 Å². The highest BCUT2D eigenvalue weighted by molar-refractivity contribution is 7.92. The summed E-state index contributed by atoms with van der Waals surface area (Å²) in [7, 11) is -4.75. The summed E-state index contributed by atoms with van der Waals surface area (Å²) in [6.45, 7) is 2.03. The average molecular weight is 378 g/mol. The van der Waals surface area contributed by atoms with Crippen molar-refractivity contribution in [3.05, 3.63) is 16.3 Å². The first-order valence-electron chi connectivity index (χ1n) is 8.02. The van der Waals surface area contributed by atoms with E-state index < -0.39 is 26.4 Å². The quantitative estimate of drug-likeness (QED) is 0.825. The standard InChI is InChI=1S/C15H20F2N2O3S2/c16-15(17)24(21,22)12-5-8-23-13(12)14(20)19-6-3-11(4-7-19)18-9-10-1-2-10/h5,8,10-11,15,18H,1-4,6-7,9H2. The maximum atomic E-state index is 12.8. The Labute approximate surface area is 144 Å². The molecule has 1 aliphatic heterocycles. The van der Waals surface area contributed by atoms with E-state index in [2.05, 4.69) is 5.32 Å². The molecule has 1 N–H and O–H groups in total. The van der Waals surface area contributed by atoms with Gasteiger partial charge in [0.1, 0.15) is 4.88 Å². The van der Waals surface area contributed by atoms with Crippen molar-refractivity contribution in [2.24, 2.45) is 5.92 Å². The van der Waals surface area contributed by atoms with Gasteiger partial charge in [-0.25, -0.2) is 8.42 Å². The molecule has 5 nitrogen and oxygen atoms in total. The topological polar surface area (TPSA) is 66.5 Å². The van der Waals surface area contributed by atoms with Gasteiger partial charge in [-0.05, 0) is 49.6 Å². The number of piperidine rings is 1. The lowest BCUT2D eigenvalue weighted by atomic mass is 10.0. The lowest BCUT2D eigenvalue weighted by molar-refractivity contribution is 0.0706. The Hall–Kier alpha value is -1.06. The molecule has 1 aromatic rings. The summed E-state index contributed by atoms with van der Waals surface area (Å²) in [5, 5.41) is 4.87. The van der Waals surface area contributed by atoms with Crippen molar-refractivity contribution in [2.75, 3.05) is 19.6 Å². The second kappa shape index (κ2) is 7.05. The molecule has 9 heteroatoms. The highest BCUT2D eigenvalue weighted by atomic mass is 32.2. The van der Waals surface area contributed by atoms with E-state index in [1.54, 1.807) is 4.90 Å². The first-order chi connectivity index (χ1) is 11.4. The molecular weight excluding hydrogens is 358 g/mol. The largest absolute Gasteiger partial charge is 0.341 e. The molecule has 2 heterocycles. The number of amides is 1. The fourth-order valence-electron chi connectivity index (χ4n) is 2.86. The number of sulfone groups is 1. The third-order valence-electron chi connectivity index (χ3n) is 4.54. The molecule has 0 radical (unpaired) electrons. The zero-order chi connectivity index (χ0) is 17.3. The van der Waals surface area contributed by atoms with Crippen LogP contribution in [0.5, 0.6) is 0 Å². The molecule has 0 aromatic carbocycles. The highest BCUT2D eigenvalue weighted by Crippen LogP contribution is 2.30. The zero-order valence-electron chi connectivity index (χ0n) is 13.1. The molecule has 1 saturated heterocycles. The number of alkyl halides is 2. The van der Waals surface area contributed by atoms with Crippen LogP contribution in [-0.4, -0.2) is 50.7 Å². The number of rotatable bonds is 6. The van der Waals surface area contributed by atoms with Crippen LogP contribution in [0.15, 0.2) is 16.3 Å². The van der Waals surface area contributed by atoms with Gasteiger partial charge in [-0.2, -0.15) is 8.78 Å². The van der Waals surface area contributed by atoms with Crippen molar-refractivity contribution in [3.8, 4) is 0 Å². The van der Waals surface area contributed by atoms with E-state index >= 15 is 0 Å². The summed E-state index contributed by atoms with van der Waals surface area (Å²) in [4.78, 5) is 13.4. The van der Waals surface area contributed by atoms with Crippen LogP contribution in [0.4, 0.5) is 8.78 Å². The number of halogens is 2. The Morgan fingerprint density at radius 1 is 1.29 bits per heavy atom. The van der Waals surface area contributed by atoms with Crippen LogP contribution in [0, 0.1) is 5.92 Å². The Morgan fingerprint density at radius 2 is 1.96 bits per heavy atom. The molecule has 3 rings (SSSR count). The van der Waals surface area contributed by atoms with Gasteiger partial charge in [0.2, 0.25) is 9.84 Å². The number of nitrogens with zero attached hydrogens (tertiary/aromatic N) is 1. The number of nitrogens with one attached hydrogen (secondary N) is 1. The van der Waals surface area contributed by atoms with Crippen molar-refractivity contribution in [2.45, 2.75) is 42.4 Å². The molecule has 1 amide bonds. The van der Waals surface area contributed by atoms with E-state index in [4.69, 9.17) is 0 Å². The molecule has 1 aromatic heterocycles. The number of hydrogen-bond acceptors (Lipinski definition) is 5. The van der Waals surface area contributed by atoms with Crippen LogP contribution >= 0.6 is 11.3 Å². The van der Waals surface area contributed by atoms with Crippen LogP contribution in [0.2, 0.25) is 0 Å². The normalized spacial score (nSPS) is 19.9. The van der Waals surface area contributed by atoms with Gasteiger partial charge in [-0.1, -0.05) is 0 Å². The molecule has 1 aliphatic carbocycles. The maximum Gasteiger partial charge on any atom is 0.341 e. The number of hydrogen-bond donors (Lipinski definition) is 1. The monoisotopic (exact) mass is 378 g/mol. The number of carbonyl (C=O) groups is 1. The van der Waals surface area contributed by atoms with Gasteiger partial charge < -0.3 is 10.2 Å². The minimum absolute atomic E-state index is 0.111. The number of carbonyl (C=O) groups excluding carboxylic acids is 1. The summed E-state index contributed by atoms with van der Waals surface area (Å²) >= 11 is 0.899. The van der Waals surface area contributed by atoms with E-state index in [0.29, 0.717) is 19.1 Å². The minimum atomic E-state index is -4.75. The fourth-order valence-corrected chi connectivity index (χ4v) is 4.99.